The van der Waals surface area contributed by atoms with Crippen molar-refractivity contribution >= 4 is 17.3 Å². The summed E-state index contributed by atoms with van der Waals surface area (Å²) in [6.45, 7) is 0.647. The number of rotatable bonds is 5. The predicted molar refractivity (Wildman–Crippen MR) is 75.7 cm³/mol. The Morgan fingerprint density at radius 3 is 2.75 bits per heavy atom. The SMILES string of the molecule is Nc1cc(C(=O)O)ccc1N(Cc1ccco1)C1CC1. The lowest BCUT2D eigenvalue weighted by molar-refractivity contribution is 0.0697. The van der Waals surface area contributed by atoms with Gasteiger partial charge in [-0.25, -0.2) is 4.79 Å². The maximum atomic E-state index is 11.0. The number of anilines is 2. The lowest BCUT2D eigenvalue weighted by Gasteiger charge is -2.25. The van der Waals surface area contributed by atoms with Crippen molar-refractivity contribution in [2.24, 2.45) is 0 Å². The Labute approximate surface area is 116 Å². The van der Waals surface area contributed by atoms with Gasteiger partial charge in [-0.1, -0.05) is 0 Å². The molecule has 1 aromatic carbocycles. The lowest BCUT2D eigenvalue weighted by atomic mass is 10.1. The molecule has 3 N–H and O–H groups in total. The minimum absolute atomic E-state index is 0.208. The van der Waals surface area contributed by atoms with Crippen molar-refractivity contribution in [3.63, 3.8) is 0 Å². The molecule has 0 saturated heterocycles. The first-order valence-electron chi connectivity index (χ1n) is 6.57. The molecule has 0 spiro atoms. The second kappa shape index (κ2) is 4.92. The fourth-order valence-corrected chi connectivity index (χ4v) is 2.32. The van der Waals surface area contributed by atoms with Crippen molar-refractivity contribution in [2.75, 3.05) is 10.6 Å². The first kappa shape index (κ1) is 12.6. The number of carboxylic acids is 1. The Balaban J connectivity index is 1.89. The molecule has 3 rings (SSSR count). The quantitative estimate of drug-likeness (QED) is 0.818. The summed E-state index contributed by atoms with van der Waals surface area (Å²) >= 11 is 0. The Morgan fingerprint density at radius 1 is 1.40 bits per heavy atom. The van der Waals surface area contributed by atoms with Gasteiger partial charge in [-0.15, -0.1) is 0 Å². The highest BCUT2D eigenvalue weighted by Crippen LogP contribution is 2.36. The number of nitrogens with two attached hydrogens (primary N) is 1. The summed E-state index contributed by atoms with van der Waals surface area (Å²) in [5, 5.41) is 8.98. The van der Waals surface area contributed by atoms with Gasteiger partial charge in [0.1, 0.15) is 5.76 Å². The third-order valence-corrected chi connectivity index (χ3v) is 3.48. The highest BCUT2D eigenvalue weighted by molar-refractivity contribution is 5.90. The average Bonchev–Trinajstić information content (AvgIpc) is 3.14. The van der Waals surface area contributed by atoms with E-state index < -0.39 is 5.97 Å². The lowest BCUT2D eigenvalue weighted by Crippen LogP contribution is -2.25. The Hall–Kier alpha value is -2.43. The van der Waals surface area contributed by atoms with E-state index in [9.17, 15) is 4.79 Å². The van der Waals surface area contributed by atoms with Gasteiger partial charge in [0, 0.05) is 6.04 Å². The van der Waals surface area contributed by atoms with Gasteiger partial charge in [0.15, 0.2) is 0 Å². The molecular formula is C15H16N2O3. The minimum atomic E-state index is -0.966. The van der Waals surface area contributed by atoms with Crippen LogP contribution in [-0.4, -0.2) is 17.1 Å². The number of hydrogen-bond donors (Lipinski definition) is 2. The molecule has 20 heavy (non-hydrogen) atoms. The van der Waals surface area contributed by atoms with Crippen molar-refractivity contribution in [2.45, 2.75) is 25.4 Å². The van der Waals surface area contributed by atoms with Crippen molar-refractivity contribution in [3.8, 4) is 0 Å². The monoisotopic (exact) mass is 272 g/mol. The molecule has 5 nitrogen and oxygen atoms in total. The highest BCUT2D eigenvalue weighted by atomic mass is 16.4. The van der Waals surface area contributed by atoms with Crippen LogP contribution in [0.15, 0.2) is 41.0 Å². The molecule has 104 valence electrons. The molecule has 0 amide bonds. The number of benzene rings is 1. The van der Waals surface area contributed by atoms with Crippen LogP contribution < -0.4 is 10.6 Å². The van der Waals surface area contributed by atoms with Gasteiger partial charge in [-0.3, -0.25) is 0 Å². The molecule has 1 aliphatic carbocycles. The molecule has 0 atom stereocenters. The highest BCUT2D eigenvalue weighted by Gasteiger charge is 2.31. The van der Waals surface area contributed by atoms with Gasteiger partial charge in [0.25, 0.3) is 0 Å². The molecule has 0 radical (unpaired) electrons. The Kier molecular flexibility index (Phi) is 3.10. The molecule has 5 heteroatoms. The van der Waals surface area contributed by atoms with Gasteiger partial charge in [-0.05, 0) is 43.2 Å². The van der Waals surface area contributed by atoms with Crippen molar-refractivity contribution in [1.82, 2.24) is 0 Å². The summed E-state index contributed by atoms with van der Waals surface area (Å²) in [5.74, 6) is -0.0918. The summed E-state index contributed by atoms with van der Waals surface area (Å²) < 4.78 is 5.39. The first-order chi connectivity index (χ1) is 9.65. The molecule has 1 aromatic heterocycles. The normalized spacial score (nSPS) is 14.2. The zero-order valence-electron chi connectivity index (χ0n) is 11.0. The summed E-state index contributed by atoms with van der Waals surface area (Å²) in [4.78, 5) is 13.1. The Bertz CT molecular complexity index is 618. The number of nitrogens with zero attached hydrogens (tertiary/aromatic N) is 1. The van der Waals surface area contributed by atoms with Crippen LogP contribution in [0.2, 0.25) is 0 Å². The van der Waals surface area contributed by atoms with Crippen LogP contribution in [0.5, 0.6) is 0 Å². The molecule has 2 aromatic rings. The van der Waals surface area contributed by atoms with E-state index in [1.807, 2.05) is 12.1 Å². The van der Waals surface area contributed by atoms with Crippen LogP contribution >= 0.6 is 0 Å². The molecule has 0 bridgehead atoms. The number of aromatic carboxylic acids is 1. The number of carbonyl (C=O) groups is 1. The third kappa shape index (κ3) is 2.47. The smallest absolute Gasteiger partial charge is 0.335 e. The predicted octanol–water partition coefficient (Wildman–Crippen LogP) is 2.73. The Morgan fingerprint density at radius 2 is 2.20 bits per heavy atom. The number of furan rings is 1. The maximum Gasteiger partial charge on any atom is 0.335 e. The van der Waals surface area contributed by atoms with Crippen LogP contribution in [0.4, 0.5) is 11.4 Å². The summed E-state index contributed by atoms with van der Waals surface area (Å²) in [6, 6.07) is 9.12. The van der Waals surface area contributed by atoms with Crippen LogP contribution in [0.25, 0.3) is 0 Å². The van der Waals surface area contributed by atoms with E-state index in [1.54, 1.807) is 18.4 Å². The summed E-state index contributed by atoms with van der Waals surface area (Å²) in [7, 11) is 0. The first-order valence-corrected chi connectivity index (χ1v) is 6.57. The molecule has 0 unspecified atom stereocenters. The molecular weight excluding hydrogens is 256 g/mol. The van der Waals surface area contributed by atoms with Crippen molar-refractivity contribution in [3.05, 3.63) is 47.9 Å². The van der Waals surface area contributed by atoms with Crippen molar-refractivity contribution < 1.29 is 14.3 Å². The zero-order valence-corrected chi connectivity index (χ0v) is 11.0. The maximum absolute atomic E-state index is 11.0. The topological polar surface area (TPSA) is 79.7 Å². The van der Waals surface area contributed by atoms with Gasteiger partial charge in [0.05, 0.1) is 29.7 Å². The zero-order chi connectivity index (χ0) is 14.1. The van der Waals surface area contributed by atoms with E-state index >= 15 is 0 Å². The molecule has 1 aliphatic rings. The number of hydrogen-bond acceptors (Lipinski definition) is 4. The number of carboxylic acid groups (broad SMARTS) is 1. The summed E-state index contributed by atoms with van der Waals surface area (Å²) in [5.41, 5.74) is 7.59. The summed E-state index contributed by atoms with van der Waals surface area (Å²) in [6.07, 6.45) is 3.90. The molecule has 1 saturated carbocycles. The van der Waals surface area contributed by atoms with Gasteiger partial charge in [0.2, 0.25) is 0 Å². The van der Waals surface area contributed by atoms with E-state index in [-0.39, 0.29) is 5.56 Å². The van der Waals surface area contributed by atoms with Crippen LogP contribution in [0.3, 0.4) is 0 Å². The second-order valence-electron chi connectivity index (χ2n) is 5.02. The minimum Gasteiger partial charge on any atom is -0.478 e. The van der Waals surface area contributed by atoms with Crippen LogP contribution in [0, 0.1) is 0 Å². The van der Waals surface area contributed by atoms with E-state index in [0.717, 1.165) is 24.3 Å². The van der Waals surface area contributed by atoms with E-state index in [2.05, 4.69) is 4.90 Å². The fourth-order valence-electron chi connectivity index (χ4n) is 2.32. The number of nitrogen functional groups attached to an aromatic ring is 1. The second-order valence-corrected chi connectivity index (χ2v) is 5.02. The van der Waals surface area contributed by atoms with Crippen LogP contribution in [0.1, 0.15) is 29.0 Å². The van der Waals surface area contributed by atoms with E-state index in [4.69, 9.17) is 15.3 Å². The van der Waals surface area contributed by atoms with E-state index in [1.165, 1.54) is 6.07 Å². The molecule has 1 fully saturated rings. The largest absolute Gasteiger partial charge is 0.478 e. The average molecular weight is 272 g/mol. The third-order valence-electron chi connectivity index (χ3n) is 3.48. The molecule has 1 heterocycles. The van der Waals surface area contributed by atoms with Gasteiger partial charge in [-0.2, -0.15) is 0 Å². The van der Waals surface area contributed by atoms with E-state index in [0.29, 0.717) is 18.3 Å². The fraction of sp³-hybridized carbons (Fsp3) is 0.267. The van der Waals surface area contributed by atoms with Gasteiger partial charge < -0.3 is 20.2 Å². The van der Waals surface area contributed by atoms with Crippen LogP contribution in [-0.2, 0) is 6.54 Å². The standard InChI is InChI=1S/C15H16N2O3/c16-13-8-10(15(18)19)3-6-14(13)17(11-4-5-11)9-12-2-1-7-20-12/h1-3,6-8,11H,4-5,9,16H2,(H,18,19). The van der Waals surface area contributed by atoms with Crippen molar-refractivity contribution in [1.29, 1.82) is 0 Å². The molecule has 0 aliphatic heterocycles. The van der Waals surface area contributed by atoms with Gasteiger partial charge >= 0.3 is 5.97 Å².